The van der Waals surface area contributed by atoms with Crippen LogP contribution in [0.5, 0.6) is 5.75 Å². The third kappa shape index (κ3) is 6.87. The zero-order valence-corrected chi connectivity index (χ0v) is 14.6. The maximum Gasteiger partial charge on any atom is 0.147 e. The van der Waals surface area contributed by atoms with Crippen molar-refractivity contribution >= 4 is 33.0 Å². The number of hydrogen-bond donors (Lipinski definition) is 1. The van der Waals surface area contributed by atoms with Gasteiger partial charge in [-0.15, -0.1) is 0 Å². The Morgan fingerprint density at radius 2 is 2.00 bits per heavy atom. The molecule has 0 spiro atoms. The number of ether oxygens (including phenoxy) is 1. The van der Waals surface area contributed by atoms with E-state index in [0.29, 0.717) is 28.6 Å². The maximum atomic E-state index is 11.1. The van der Waals surface area contributed by atoms with Crippen LogP contribution in [0.4, 0.5) is 0 Å². The van der Waals surface area contributed by atoms with Crippen LogP contribution in [0.1, 0.15) is 25.3 Å². The maximum absolute atomic E-state index is 11.1. The standard InChI is InChI=1S/C14H21Cl2NO3S/c1-3-12(17)8-10-7-11(15)9-13(16)14(10)20-5-4-6-21(2,18)19/h7,9,12H,3-6,8,17H2,1-2H3. The minimum absolute atomic E-state index is 0.00194. The first-order valence-corrected chi connectivity index (χ1v) is 9.58. The van der Waals surface area contributed by atoms with E-state index < -0.39 is 9.84 Å². The fourth-order valence-corrected chi connectivity index (χ4v) is 3.08. The van der Waals surface area contributed by atoms with Gasteiger partial charge >= 0.3 is 0 Å². The van der Waals surface area contributed by atoms with Crippen molar-refractivity contribution in [1.82, 2.24) is 0 Å². The van der Waals surface area contributed by atoms with Crippen LogP contribution in [0.15, 0.2) is 12.1 Å². The molecular weight excluding hydrogens is 333 g/mol. The van der Waals surface area contributed by atoms with Gasteiger partial charge in [0.2, 0.25) is 0 Å². The van der Waals surface area contributed by atoms with Gasteiger partial charge in [-0.2, -0.15) is 0 Å². The van der Waals surface area contributed by atoms with Crippen molar-refractivity contribution in [2.24, 2.45) is 5.73 Å². The predicted octanol–water partition coefficient (Wildman–Crippen LogP) is 3.09. The van der Waals surface area contributed by atoms with E-state index in [1.807, 2.05) is 6.92 Å². The highest BCUT2D eigenvalue weighted by Gasteiger charge is 2.14. The molecule has 0 saturated heterocycles. The Kier molecular flexibility index (Phi) is 7.27. The van der Waals surface area contributed by atoms with E-state index in [-0.39, 0.29) is 18.4 Å². The summed E-state index contributed by atoms with van der Waals surface area (Å²) in [6.07, 6.45) is 3.06. The molecule has 1 atom stereocenters. The number of benzene rings is 1. The number of nitrogens with two attached hydrogens (primary N) is 1. The molecule has 0 heterocycles. The largest absolute Gasteiger partial charge is 0.492 e. The van der Waals surface area contributed by atoms with Crippen molar-refractivity contribution in [3.8, 4) is 5.75 Å². The van der Waals surface area contributed by atoms with E-state index in [9.17, 15) is 8.42 Å². The molecular formula is C14H21Cl2NO3S. The van der Waals surface area contributed by atoms with Gasteiger partial charge < -0.3 is 10.5 Å². The van der Waals surface area contributed by atoms with Crippen LogP contribution in [0.3, 0.4) is 0 Å². The summed E-state index contributed by atoms with van der Waals surface area (Å²) in [6, 6.07) is 3.39. The second-order valence-corrected chi connectivity index (χ2v) is 8.18. The zero-order chi connectivity index (χ0) is 16.0. The van der Waals surface area contributed by atoms with Crippen LogP contribution in [-0.4, -0.2) is 33.1 Å². The van der Waals surface area contributed by atoms with Crippen molar-refractivity contribution in [1.29, 1.82) is 0 Å². The average molecular weight is 354 g/mol. The van der Waals surface area contributed by atoms with Crippen molar-refractivity contribution in [2.45, 2.75) is 32.2 Å². The molecule has 0 radical (unpaired) electrons. The normalized spacial score (nSPS) is 13.2. The Morgan fingerprint density at radius 3 is 2.57 bits per heavy atom. The molecule has 0 saturated carbocycles. The summed E-state index contributed by atoms with van der Waals surface area (Å²) in [6.45, 7) is 2.28. The van der Waals surface area contributed by atoms with Gasteiger partial charge in [-0.3, -0.25) is 0 Å². The molecule has 1 aromatic carbocycles. The second-order valence-electron chi connectivity index (χ2n) is 5.08. The summed E-state index contributed by atoms with van der Waals surface area (Å²) in [7, 11) is -2.98. The topological polar surface area (TPSA) is 69.4 Å². The molecule has 7 heteroatoms. The molecule has 120 valence electrons. The van der Waals surface area contributed by atoms with Gasteiger partial charge in [-0.05, 0) is 37.0 Å². The third-order valence-electron chi connectivity index (χ3n) is 3.00. The van der Waals surface area contributed by atoms with Crippen LogP contribution in [-0.2, 0) is 16.3 Å². The summed E-state index contributed by atoms with van der Waals surface area (Å²) < 4.78 is 27.8. The summed E-state index contributed by atoms with van der Waals surface area (Å²) >= 11 is 12.2. The first kappa shape index (κ1) is 18.6. The van der Waals surface area contributed by atoms with E-state index in [4.69, 9.17) is 33.7 Å². The lowest BCUT2D eigenvalue weighted by Crippen LogP contribution is -2.22. The van der Waals surface area contributed by atoms with Gasteiger partial charge in [-0.25, -0.2) is 8.42 Å². The minimum atomic E-state index is -2.98. The summed E-state index contributed by atoms with van der Waals surface area (Å²) in [5.41, 5.74) is 6.81. The molecule has 2 N–H and O–H groups in total. The van der Waals surface area contributed by atoms with E-state index in [1.165, 1.54) is 6.26 Å². The Bertz CT molecular complexity index is 576. The lowest BCUT2D eigenvalue weighted by Gasteiger charge is -2.16. The van der Waals surface area contributed by atoms with Crippen LogP contribution < -0.4 is 10.5 Å². The fourth-order valence-electron chi connectivity index (χ4n) is 1.85. The van der Waals surface area contributed by atoms with Crippen LogP contribution in [0.25, 0.3) is 0 Å². The molecule has 1 aromatic rings. The number of hydrogen-bond acceptors (Lipinski definition) is 4. The van der Waals surface area contributed by atoms with Crippen LogP contribution in [0, 0.1) is 0 Å². The van der Waals surface area contributed by atoms with Gasteiger partial charge in [0.05, 0.1) is 17.4 Å². The molecule has 1 rings (SSSR count). The Balaban J connectivity index is 2.79. The Hall–Kier alpha value is -0.490. The highest BCUT2D eigenvalue weighted by molar-refractivity contribution is 7.90. The van der Waals surface area contributed by atoms with Crippen LogP contribution in [0.2, 0.25) is 10.0 Å². The van der Waals surface area contributed by atoms with E-state index in [1.54, 1.807) is 12.1 Å². The van der Waals surface area contributed by atoms with Gasteiger partial charge in [-0.1, -0.05) is 30.1 Å². The van der Waals surface area contributed by atoms with Crippen molar-refractivity contribution < 1.29 is 13.2 Å². The monoisotopic (exact) mass is 353 g/mol. The molecule has 1 unspecified atom stereocenters. The van der Waals surface area contributed by atoms with Gasteiger partial charge in [0.15, 0.2) is 0 Å². The molecule has 21 heavy (non-hydrogen) atoms. The van der Waals surface area contributed by atoms with Crippen molar-refractivity contribution in [2.75, 3.05) is 18.6 Å². The van der Waals surface area contributed by atoms with E-state index in [2.05, 4.69) is 0 Å². The summed E-state index contributed by atoms with van der Waals surface area (Å²) in [5, 5.41) is 0.946. The highest BCUT2D eigenvalue weighted by atomic mass is 35.5. The predicted molar refractivity (Wildman–Crippen MR) is 88.3 cm³/mol. The molecule has 0 aliphatic heterocycles. The van der Waals surface area contributed by atoms with Gasteiger partial charge in [0.25, 0.3) is 0 Å². The molecule has 0 amide bonds. The van der Waals surface area contributed by atoms with Crippen molar-refractivity contribution in [3.05, 3.63) is 27.7 Å². The Labute approximate surface area is 136 Å². The molecule has 0 bridgehead atoms. The summed E-state index contributed by atoms with van der Waals surface area (Å²) in [4.78, 5) is 0. The quantitative estimate of drug-likeness (QED) is 0.729. The molecule has 0 fully saturated rings. The number of halogens is 2. The first-order chi connectivity index (χ1) is 9.73. The molecule has 4 nitrogen and oxygen atoms in total. The van der Waals surface area contributed by atoms with Crippen molar-refractivity contribution in [3.63, 3.8) is 0 Å². The molecule has 0 aromatic heterocycles. The van der Waals surface area contributed by atoms with E-state index >= 15 is 0 Å². The average Bonchev–Trinajstić information content (AvgIpc) is 2.35. The lowest BCUT2D eigenvalue weighted by atomic mass is 10.0. The summed E-state index contributed by atoms with van der Waals surface area (Å²) in [5.74, 6) is 0.626. The third-order valence-corrected chi connectivity index (χ3v) is 4.53. The minimum Gasteiger partial charge on any atom is -0.492 e. The molecule has 0 aliphatic carbocycles. The first-order valence-electron chi connectivity index (χ1n) is 6.77. The van der Waals surface area contributed by atoms with E-state index in [0.717, 1.165) is 12.0 Å². The molecule has 0 aliphatic rings. The zero-order valence-electron chi connectivity index (χ0n) is 12.2. The number of rotatable bonds is 8. The van der Waals surface area contributed by atoms with Gasteiger partial charge in [0.1, 0.15) is 15.6 Å². The van der Waals surface area contributed by atoms with Gasteiger partial charge in [0, 0.05) is 17.3 Å². The fraction of sp³-hybridized carbons (Fsp3) is 0.571. The highest BCUT2D eigenvalue weighted by Crippen LogP contribution is 2.33. The smallest absolute Gasteiger partial charge is 0.147 e. The lowest BCUT2D eigenvalue weighted by molar-refractivity contribution is 0.314. The van der Waals surface area contributed by atoms with Crippen LogP contribution >= 0.6 is 23.2 Å². The Morgan fingerprint density at radius 1 is 1.33 bits per heavy atom. The second kappa shape index (κ2) is 8.22. The SMILES string of the molecule is CCC(N)Cc1cc(Cl)cc(Cl)c1OCCCS(C)(=O)=O. The number of sulfone groups is 1.